The van der Waals surface area contributed by atoms with Crippen LogP contribution in [0.15, 0.2) is 91.1 Å². The number of piperazine rings is 1. The van der Waals surface area contributed by atoms with E-state index in [-0.39, 0.29) is 49.2 Å². The van der Waals surface area contributed by atoms with Gasteiger partial charge < -0.3 is 15.4 Å². The van der Waals surface area contributed by atoms with E-state index in [2.05, 4.69) is 94.9 Å². The molecule has 2 unspecified atom stereocenters. The molecule has 0 bridgehead atoms. The van der Waals surface area contributed by atoms with Gasteiger partial charge in [0.15, 0.2) is 0 Å². The molecule has 0 radical (unpaired) electrons. The van der Waals surface area contributed by atoms with Gasteiger partial charge in [-0.05, 0) is 18.1 Å². The van der Waals surface area contributed by atoms with Crippen LogP contribution in [0.2, 0.25) is 0 Å². The molecule has 5 rings (SSSR count). The van der Waals surface area contributed by atoms with Crippen molar-refractivity contribution in [2.45, 2.75) is 25.0 Å². The molecule has 0 aliphatic carbocycles. The van der Waals surface area contributed by atoms with Crippen molar-refractivity contribution >= 4 is 37.2 Å². The van der Waals surface area contributed by atoms with E-state index in [0.29, 0.717) is 5.69 Å². The predicted molar refractivity (Wildman–Crippen MR) is 158 cm³/mol. The van der Waals surface area contributed by atoms with Crippen LogP contribution in [0.3, 0.4) is 0 Å². The summed E-state index contributed by atoms with van der Waals surface area (Å²) in [7, 11) is 0. The lowest BCUT2D eigenvalue weighted by molar-refractivity contribution is 0.0299. The lowest BCUT2D eigenvalue weighted by Gasteiger charge is -2.42. The van der Waals surface area contributed by atoms with Crippen molar-refractivity contribution < 1.29 is 5.11 Å². The van der Waals surface area contributed by atoms with E-state index in [4.69, 9.17) is 4.98 Å². The highest BCUT2D eigenvalue weighted by molar-refractivity contribution is 5.86. The molecule has 1 aromatic heterocycles. The summed E-state index contributed by atoms with van der Waals surface area (Å²) in [5, 5.41) is 15.3. The molecule has 1 aliphatic rings. The first-order valence-electron chi connectivity index (χ1n) is 12.1. The Bertz CT molecular complexity index is 1140. The number of aliphatic hydroxyl groups is 1. The van der Waals surface area contributed by atoms with Crippen LogP contribution in [0.25, 0.3) is 11.4 Å². The van der Waals surface area contributed by atoms with Crippen molar-refractivity contribution in [2.24, 2.45) is 0 Å². The second kappa shape index (κ2) is 14.5. The van der Waals surface area contributed by atoms with Gasteiger partial charge in [0.2, 0.25) is 0 Å². The van der Waals surface area contributed by atoms with E-state index in [1.807, 2.05) is 18.3 Å². The number of aromatic nitrogens is 2. The zero-order chi connectivity index (χ0) is 23.3. The van der Waals surface area contributed by atoms with Gasteiger partial charge in [-0.1, -0.05) is 90.5 Å². The maximum Gasteiger partial charge on any atom is 0.137 e. The minimum absolute atomic E-state index is 0. The number of hydrogen-bond acceptors (Lipinski definition) is 4. The normalized spacial score (nSPS) is 15.1. The number of nitrogens with zero attached hydrogens (tertiary/aromatic N) is 2. The highest BCUT2D eigenvalue weighted by atomic mass is 35.5. The number of aliphatic hydroxyl groups excluding tert-OH is 1. The molecule has 8 heteroatoms. The predicted octanol–water partition coefficient (Wildman–Crippen LogP) is 5.79. The maximum atomic E-state index is 11.9. The van der Waals surface area contributed by atoms with Gasteiger partial charge >= 0.3 is 0 Å². The first kappa shape index (κ1) is 30.8. The number of aromatic amines is 1. The lowest BCUT2D eigenvalue weighted by Crippen LogP contribution is -2.52. The van der Waals surface area contributed by atoms with Gasteiger partial charge in [0.05, 0.1) is 11.7 Å². The average Bonchev–Trinajstić information content (AvgIpc) is 3.39. The number of nitrogens with one attached hydrogen (secondary N) is 2. The quantitative estimate of drug-likeness (QED) is 0.267. The van der Waals surface area contributed by atoms with E-state index in [1.165, 1.54) is 16.7 Å². The zero-order valence-electron chi connectivity index (χ0n) is 20.8. The third kappa shape index (κ3) is 7.14. The second-order valence-electron chi connectivity index (χ2n) is 9.06. The van der Waals surface area contributed by atoms with Crippen LogP contribution in [0.4, 0.5) is 0 Å². The average molecular weight is 562 g/mol. The van der Waals surface area contributed by atoms with Crippen molar-refractivity contribution in [1.29, 1.82) is 0 Å². The van der Waals surface area contributed by atoms with Crippen LogP contribution in [0.1, 0.15) is 34.4 Å². The highest BCUT2D eigenvalue weighted by Gasteiger charge is 2.37. The number of aryl methyl sites for hydroxylation is 1. The van der Waals surface area contributed by atoms with E-state index < -0.39 is 6.10 Å². The number of H-pyrrole nitrogens is 1. The number of hydrogen-bond donors (Lipinski definition) is 3. The third-order valence-electron chi connectivity index (χ3n) is 6.78. The Morgan fingerprint density at radius 2 is 1.32 bits per heavy atom. The SMILES string of the molecule is Cc1ccc(-c2nc(C(O)C(C(c3ccccc3)c3ccccc3)N3CCNCC3)c[nH]2)cc1.Cl.Cl.Cl. The number of benzene rings is 3. The summed E-state index contributed by atoms with van der Waals surface area (Å²) in [4.78, 5) is 10.6. The molecule has 0 saturated carbocycles. The summed E-state index contributed by atoms with van der Waals surface area (Å²) in [5.74, 6) is 0.791. The fourth-order valence-electron chi connectivity index (χ4n) is 5.00. The van der Waals surface area contributed by atoms with Crippen molar-refractivity contribution in [1.82, 2.24) is 20.2 Å². The van der Waals surface area contributed by atoms with E-state index in [0.717, 1.165) is 37.6 Å². The summed E-state index contributed by atoms with van der Waals surface area (Å²) >= 11 is 0. The fraction of sp³-hybridized carbons (Fsp3) is 0.276. The summed E-state index contributed by atoms with van der Waals surface area (Å²) in [5.41, 5.74) is 5.31. The number of rotatable bonds is 7. The molecule has 4 aromatic rings. The van der Waals surface area contributed by atoms with Gasteiger partial charge in [0.1, 0.15) is 11.9 Å². The molecule has 1 fully saturated rings. The monoisotopic (exact) mass is 560 g/mol. The molecule has 3 aromatic carbocycles. The number of imidazole rings is 1. The molecular weight excluding hydrogens is 527 g/mol. The van der Waals surface area contributed by atoms with Gasteiger partial charge in [-0.2, -0.15) is 0 Å². The van der Waals surface area contributed by atoms with Crippen molar-refractivity contribution in [3.63, 3.8) is 0 Å². The van der Waals surface area contributed by atoms with Crippen LogP contribution in [0.5, 0.6) is 0 Å². The second-order valence-corrected chi connectivity index (χ2v) is 9.06. The summed E-state index contributed by atoms with van der Waals surface area (Å²) in [6.45, 7) is 5.66. The number of halogens is 3. The van der Waals surface area contributed by atoms with Crippen molar-refractivity contribution in [2.75, 3.05) is 26.2 Å². The van der Waals surface area contributed by atoms with Crippen molar-refractivity contribution in [3.8, 4) is 11.4 Å². The van der Waals surface area contributed by atoms with Gasteiger partial charge in [0.25, 0.3) is 0 Å². The van der Waals surface area contributed by atoms with Crippen LogP contribution in [0, 0.1) is 6.92 Å². The van der Waals surface area contributed by atoms with Gasteiger partial charge in [-0.25, -0.2) is 4.98 Å². The smallest absolute Gasteiger partial charge is 0.137 e. The molecule has 0 amide bonds. The molecule has 2 atom stereocenters. The Morgan fingerprint density at radius 3 is 1.86 bits per heavy atom. The molecule has 0 spiro atoms. The first-order valence-corrected chi connectivity index (χ1v) is 12.1. The molecule has 37 heavy (non-hydrogen) atoms. The van der Waals surface area contributed by atoms with E-state index >= 15 is 0 Å². The van der Waals surface area contributed by atoms with Gasteiger partial charge in [-0.15, -0.1) is 37.2 Å². The Balaban J connectivity index is 0.00000160. The minimum atomic E-state index is -0.751. The Labute approximate surface area is 238 Å². The fourth-order valence-corrected chi connectivity index (χ4v) is 5.00. The largest absolute Gasteiger partial charge is 0.385 e. The maximum absolute atomic E-state index is 11.9. The molecule has 198 valence electrons. The molecule has 1 saturated heterocycles. The van der Waals surface area contributed by atoms with Crippen molar-refractivity contribution in [3.05, 3.63) is 114 Å². The van der Waals surface area contributed by atoms with E-state index in [9.17, 15) is 5.11 Å². The molecule has 3 N–H and O–H groups in total. The van der Waals surface area contributed by atoms with Gasteiger partial charge in [0, 0.05) is 43.9 Å². The molecule has 1 aliphatic heterocycles. The molecule has 2 heterocycles. The molecule has 5 nitrogen and oxygen atoms in total. The first-order chi connectivity index (χ1) is 16.7. The highest BCUT2D eigenvalue weighted by Crippen LogP contribution is 2.38. The Kier molecular flexibility index (Phi) is 12.1. The van der Waals surface area contributed by atoms with E-state index in [1.54, 1.807) is 0 Å². The minimum Gasteiger partial charge on any atom is -0.385 e. The molecular formula is C29H35Cl3N4O. The van der Waals surface area contributed by atoms with Gasteiger partial charge in [-0.3, -0.25) is 4.90 Å². The Morgan fingerprint density at radius 1 is 0.784 bits per heavy atom. The Hall–Kier alpha value is -2.38. The van der Waals surface area contributed by atoms with Crippen LogP contribution >= 0.6 is 37.2 Å². The third-order valence-corrected chi connectivity index (χ3v) is 6.78. The summed E-state index contributed by atoms with van der Waals surface area (Å²) < 4.78 is 0. The summed E-state index contributed by atoms with van der Waals surface area (Å²) in [6.07, 6.45) is 1.11. The summed E-state index contributed by atoms with van der Waals surface area (Å²) in [6, 6.07) is 29.2. The standard InChI is InChI=1S/C29H32N4O.3ClH/c1-21-12-14-24(15-13-21)29-31-20-25(32-29)28(34)27(33-18-16-30-17-19-33)26(22-8-4-2-5-9-22)23-10-6-3-7-11-23;;;/h2-15,20,26-28,30,34H,16-19H2,1H3,(H,31,32);3*1H. The van der Waals surface area contributed by atoms with Crippen LogP contribution in [-0.4, -0.2) is 52.2 Å². The lowest BCUT2D eigenvalue weighted by atomic mass is 9.80. The van der Waals surface area contributed by atoms with Crippen LogP contribution < -0.4 is 5.32 Å². The zero-order valence-corrected chi connectivity index (χ0v) is 23.2. The van der Waals surface area contributed by atoms with Crippen LogP contribution in [-0.2, 0) is 0 Å². The topological polar surface area (TPSA) is 64.2 Å².